The number of carbonyl (C=O) groups is 1. The summed E-state index contributed by atoms with van der Waals surface area (Å²) < 4.78 is 0. The smallest absolute Gasteiger partial charge is 0.127 e. The van der Waals surface area contributed by atoms with Crippen molar-refractivity contribution in [1.29, 1.82) is 0 Å². The molecular weight excluding hydrogens is 184 g/mol. The number of aldehydes is 1. The second-order valence-electron chi connectivity index (χ2n) is 4.28. The minimum absolute atomic E-state index is 0.0766. The SMILES string of the molecule is CCCC(C)CC(C=O)c1ccccc1. The van der Waals surface area contributed by atoms with Gasteiger partial charge in [0.1, 0.15) is 6.29 Å². The molecule has 0 aliphatic carbocycles. The summed E-state index contributed by atoms with van der Waals surface area (Å²) in [6.45, 7) is 4.41. The molecule has 0 heterocycles. The van der Waals surface area contributed by atoms with Gasteiger partial charge in [-0.3, -0.25) is 0 Å². The van der Waals surface area contributed by atoms with Crippen LogP contribution in [-0.2, 0) is 4.79 Å². The predicted octanol–water partition coefficient (Wildman–Crippen LogP) is 3.80. The van der Waals surface area contributed by atoms with Crippen molar-refractivity contribution in [2.45, 2.75) is 39.0 Å². The molecule has 0 saturated carbocycles. The van der Waals surface area contributed by atoms with Crippen molar-refractivity contribution in [3.8, 4) is 0 Å². The second kappa shape index (κ2) is 6.39. The molecule has 1 nitrogen and oxygen atoms in total. The zero-order chi connectivity index (χ0) is 11.1. The number of benzene rings is 1. The summed E-state index contributed by atoms with van der Waals surface area (Å²) >= 11 is 0. The lowest BCUT2D eigenvalue weighted by Gasteiger charge is -2.15. The van der Waals surface area contributed by atoms with Crippen LogP contribution < -0.4 is 0 Å². The van der Waals surface area contributed by atoms with Gasteiger partial charge in [0, 0.05) is 5.92 Å². The van der Waals surface area contributed by atoms with Crippen LogP contribution in [0, 0.1) is 5.92 Å². The van der Waals surface area contributed by atoms with Gasteiger partial charge in [-0.1, -0.05) is 57.0 Å². The summed E-state index contributed by atoms with van der Waals surface area (Å²) in [5, 5.41) is 0. The molecule has 2 atom stereocenters. The predicted molar refractivity (Wildman–Crippen MR) is 63.9 cm³/mol. The van der Waals surface area contributed by atoms with E-state index in [9.17, 15) is 4.79 Å². The Bertz CT molecular complexity index is 279. The first-order valence-electron chi connectivity index (χ1n) is 5.78. The first kappa shape index (κ1) is 12.0. The quantitative estimate of drug-likeness (QED) is 0.644. The Morgan fingerprint density at radius 3 is 2.47 bits per heavy atom. The summed E-state index contributed by atoms with van der Waals surface area (Å²) in [6, 6.07) is 10.1. The van der Waals surface area contributed by atoms with Crippen LogP contribution in [0.3, 0.4) is 0 Å². The molecule has 2 unspecified atom stereocenters. The molecule has 0 aliphatic rings. The van der Waals surface area contributed by atoms with Crippen LogP contribution >= 0.6 is 0 Å². The molecule has 15 heavy (non-hydrogen) atoms. The van der Waals surface area contributed by atoms with Crippen molar-refractivity contribution in [1.82, 2.24) is 0 Å². The van der Waals surface area contributed by atoms with Crippen molar-refractivity contribution in [2.24, 2.45) is 5.92 Å². The van der Waals surface area contributed by atoms with Gasteiger partial charge in [0.2, 0.25) is 0 Å². The largest absolute Gasteiger partial charge is 0.303 e. The summed E-state index contributed by atoms with van der Waals surface area (Å²) in [5.41, 5.74) is 1.15. The Morgan fingerprint density at radius 1 is 1.27 bits per heavy atom. The summed E-state index contributed by atoms with van der Waals surface area (Å²) in [5.74, 6) is 0.707. The highest BCUT2D eigenvalue weighted by atomic mass is 16.1. The molecule has 1 aromatic carbocycles. The molecule has 0 amide bonds. The monoisotopic (exact) mass is 204 g/mol. The van der Waals surface area contributed by atoms with E-state index in [0.29, 0.717) is 5.92 Å². The van der Waals surface area contributed by atoms with E-state index < -0.39 is 0 Å². The third-order valence-corrected chi connectivity index (χ3v) is 2.83. The molecule has 0 bridgehead atoms. The van der Waals surface area contributed by atoms with Crippen molar-refractivity contribution in [3.63, 3.8) is 0 Å². The molecule has 0 radical (unpaired) electrons. The van der Waals surface area contributed by atoms with Crippen LogP contribution in [-0.4, -0.2) is 6.29 Å². The average Bonchev–Trinajstić information content (AvgIpc) is 2.27. The van der Waals surface area contributed by atoms with E-state index in [4.69, 9.17) is 0 Å². The Balaban J connectivity index is 2.60. The third-order valence-electron chi connectivity index (χ3n) is 2.83. The van der Waals surface area contributed by atoms with Gasteiger partial charge in [-0.2, -0.15) is 0 Å². The fraction of sp³-hybridized carbons (Fsp3) is 0.500. The zero-order valence-corrected chi connectivity index (χ0v) is 9.65. The van der Waals surface area contributed by atoms with E-state index in [1.807, 2.05) is 30.3 Å². The van der Waals surface area contributed by atoms with Gasteiger partial charge in [0.15, 0.2) is 0 Å². The Morgan fingerprint density at radius 2 is 1.93 bits per heavy atom. The maximum atomic E-state index is 11.0. The molecule has 0 N–H and O–H groups in total. The van der Waals surface area contributed by atoms with Gasteiger partial charge in [-0.25, -0.2) is 0 Å². The van der Waals surface area contributed by atoms with Gasteiger partial charge in [-0.15, -0.1) is 0 Å². The van der Waals surface area contributed by atoms with Crippen LogP contribution in [0.4, 0.5) is 0 Å². The average molecular weight is 204 g/mol. The van der Waals surface area contributed by atoms with Gasteiger partial charge < -0.3 is 4.79 Å². The van der Waals surface area contributed by atoms with Gasteiger partial charge in [-0.05, 0) is 17.9 Å². The lowest BCUT2D eigenvalue weighted by molar-refractivity contribution is -0.109. The van der Waals surface area contributed by atoms with Gasteiger partial charge >= 0.3 is 0 Å². The normalized spacial score (nSPS) is 14.5. The highest BCUT2D eigenvalue weighted by molar-refractivity contribution is 5.61. The molecule has 1 aromatic rings. The van der Waals surface area contributed by atoms with E-state index in [1.165, 1.54) is 12.8 Å². The minimum atomic E-state index is 0.0766. The molecule has 0 saturated heterocycles. The molecule has 0 aliphatic heterocycles. The van der Waals surface area contributed by atoms with E-state index in [0.717, 1.165) is 18.3 Å². The topological polar surface area (TPSA) is 17.1 Å². The fourth-order valence-electron chi connectivity index (χ4n) is 2.01. The van der Waals surface area contributed by atoms with Crippen molar-refractivity contribution in [2.75, 3.05) is 0 Å². The Hall–Kier alpha value is -1.11. The van der Waals surface area contributed by atoms with Crippen LogP contribution in [0.5, 0.6) is 0 Å². The molecular formula is C14H20O. The summed E-state index contributed by atoms with van der Waals surface area (Å²) in [6.07, 6.45) is 4.46. The molecule has 1 rings (SSSR count). The van der Waals surface area contributed by atoms with Gasteiger partial charge in [0.25, 0.3) is 0 Å². The van der Waals surface area contributed by atoms with E-state index in [-0.39, 0.29) is 5.92 Å². The maximum Gasteiger partial charge on any atom is 0.127 e. The minimum Gasteiger partial charge on any atom is -0.303 e. The van der Waals surface area contributed by atoms with Crippen LogP contribution in [0.15, 0.2) is 30.3 Å². The highest BCUT2D eigenvalue weighted by Gasteiger charge is 2.13. The summed E-state index contributed by atoms with van der Waals surface area (Å²) in [7, 11) is 0. The first-order valence-corrected chi connectivity index (χ1v) is 5.78. The summed E-state index contributed by atoms with van der Waals surface area (Å²) in [4.78, 5) is 11.0. The van der Waals surface area contributed by atoms with Gasteiger partial charge in [0.05, 0.1) is 0 Å². The Labute approximate surface area is 92.5 Å². The molecule has 1 heteroatoms. The van der Waals surface area contributed by atoms with E-state index >= 15 is 0 Å². The second-order valence-corrected chi connectivity index (χ2v) is 4.28. The van der Waals surface area contributed by atoms with Crippen molar-refractivity contribution >= 4 is 6.29 Å². The third kappa shape index (κ3) is 3.86. The number of hydrogen-bond donors (Lipinski definition) is 0. The lowest BCUT2D eigenvalue weighted by Crippen LogP contribution is -2.06. The molecule has 0 spiro atoms. The fourth-order valence-corrected chi connectivity index (χ4v) is 2.01. The zero-order valence-electron chi connectivity index (χ0n) is 9.65. The number of rotatable bonds is 6. The van der Waals surface area contributed by atoms with Crippen LogP contribution in [0.25, 0.3) is 0 Å². The van der Waals surface area contributed by atoms with Crippen molar-refractivity contribution < 1.29 is 4.79 Å². The molecule has 0 fully saturated rings. The number of hydrogen-bond acceptors (Lipinski definition) is 1. The number of carbonyl (C=O) groups excluding carboxylic acids is 1. The molecule has 0 aromatic heterocycles. The van der Waals surface area contributed by atoms with Crippen LogP contribution in [0.1, 0.15) is 44.6 Å². The van der Waals surface area contributed by atoms with Crippen molar-refractivity contribution in [3.05, 3.63) is 35.9 Å². The lowest BCUT2D eigenvalue weighted by atomic mass is 9.89. The van der Waals surface area contributed by atoms with Crippen LogP contribution in [0.2, 0.25) is 0 Å². The first-order chi connectivity index (χ1) is 7.27. The highest BCUT2D eigenvalue weighted by Crippen LogP contribution is 2.23. The van der Waals surface area contributed by atoms with E-state index in [2.05, 4.69) is 13.8 Å². The maximum absolute atomic E-state index is 11.0. The Kier molecular flexibility index (Phi) is 5.09. The van der Waals surface area contributed by atoms with E-state index in [1.54, 1.807) is 0 Å². The standard InChI is InChI=1S/C14H20O/c1-3-7-12(2)10-14(11-15)13-8-5-4-6-9-13/h4-6,8-9,11-12,14H,3,7,10H2,1-2H3. The molecule has 82 valence electrons.